The van der Waals surface area contributed by atoms with E-state index in [1.165, 1.54) is 53.9 Å². The second kappa shape index (κ2) is 7.37. The van der Waals surface area contributed by atoms with E-state index in [2.05, 4.69) is 131 Å². The average molecular weight is 459 g/mol. The predicted octanol–water partition coefficient (Wildman–Crippen LogP) is 9.34. The standard InChI is InChI=1S/C30H19Br/c31-29-19-9-18-28-26-15-6-5-14-24(26)22-11-2-1-10-20(22)21-12-3-4-13-23(21)25-16-7-8-17-27(25)30(28)29/h1-19H. The van der Waals surface area contributed by atoms with E-state index in [1.54, 1.807) is 0 Å². The van der Waals surface area contributed by atoms with E-state index in [9.17, 15) is 0 Å². The molecular formula is C30H19Br. The van der Waals surface area contributed by atoms with Crippen molar-refractivity contribution in [3.05, 3.63) is 120 Å². The van der Waals surface area contributed by atoms with Crippen LogP contribution in [-0.4, -0.2) is 0 Å². The first-order chi connectivity index (χ1) is 15.3. The number of rotatable bonds is 0. The molecule has 6 rings (SSSR count). The first-order valence-corrected chi connectivity index (χ1v) is 11.3. The molecule has 0 atom stereocenters. The molecule has 0 amide bonds. The second-order valence-electron chi connectivity index (χ2n) is 7.84. The maximum absolute atomic E-state index is 3.88. The first kappa shape index (κ1) is 18.4. The summed E-state index contributed by atoms with van der Waals surface area (Å²) in [4.78, 5) is 0. The Kier molecular flexibility index (Phi) is 4.36. The van der Waals surface area contributed by atoms with E-state index >= 15 is 0 Å². The molecule has 0 N–H and O–H groups in total. The van der Waals surface area contributed by atoms with Gasteiger partial charge in [0.2, 0.25) is 0 Å². The summed E-state index contributed by atoms with van der Waals surface area (Å²) in [5.41, 5.74) is 0. The number of fused-ring (bicyclic) bond motifs is 10. The SMILES string of the molecule is Brc1cccc2c3ccccc3c3ccccc3c3ccccc3c3ccccc3c12. The summed E-state index contributed by atoms with van der Waals surface area (Å²) in [6, 6.07) is 41.6. The smallest absolute Gasteiger partial charge is 0.0260 e. The summed E-state index contributed by atoms with van der Waals surface area (Å²) >= 11 is 3.88. The maximum atomic E-state index is 3.88. The van der Waals surface area contributed by atoms with Crippen LogP contribution < -0.4 is 0 Å². The monoisotopic (exact) mass is 458 g/mol. The third-order valence-corrected chi connectivity index (χ3v) is 6.81. The zero-order valence-corrected chi connectivity index (χ0v) is 18.4. The lowest BCUT2D eigenvalue weighted by Crippen LogP contribution is -1.82. The van der Waals surface area contributed by atoms with Gasteiger partial charge in [0, 0.05) is 9.86 Å². The third-order valence-electron chi connectivity index (χ3n) is 6.15. The molecule has 6 aromatic rings. The minimum Gasteiger partial charge on any atom is -0.0616 e. The Hall–Kier alpha value is -3.42. The molecule has 146 valence electrons. The molecule has 0 bridgehead atoms. The van der Waals surface area contributed by atoms with Gasteiger partial charge in [0.05, 0.1) is 0 Å². The Morgan fingerprint density at radius 2 is 0.548 bits per heavy atom. The van der Waals surface area contributed by atoms with Crippen molar-refractivity contribution >= 4 is 69.8 Å². The van der Waals surface area contributed by atoms with Crippen LogP contribution in [0.5, 0.6) is 0 Å². The summed E-state index contributed by atoms with van der Waals surface area (Å²) in [6.45, 7) is 0. The van der Waals surface area contributed by atoms with Crippen LogP contribution in [0, 0.1) is 0 Å². The van der Waals surface area contributed by atoms with Gasteiger partial charge in [-0.3, -0.25) is 0 Å². The van der Waals surface area contributed by atoms with Crippen LogP contribution in [0.1, 0.15) is 0 Å². The van der Waals surface area contributed by atoms with Crippen molar-refractivity contribution in [3.8, 4) is 0 Å². The van der Waals surface area contributed by atoms with Gasteiger partial charge in [-0.1, -0.05) is 125 Å². The largest absolute Gasteiger partial charge is 0.0616 e. The van der Waals surface area contributed by atoms with E-state index in [4.69, 9.17) is 0 Å². The minimum absolute atomic E-state index is 1.11. The molecule has 0 unspecified atom stereocenters. The Labute approximate surface area is 189 Å². The molecule has 31 heavy (non-hydrogen) atoms. The molecule has 0 spiro atoms. The zero-order valence-electron chi connectivity index (χ0n) is 16.8. The van der Waals surface area contributed by atoms with Crippen LogP contribution in [-0.2, 0) is 0 Å². The van der Waals surface area contributed by atoms with Gasteiger partial charge in [-0.15, -0.1) is 0 Å². The normalized spacial score (nSPS) is 11.4. The summed E-state index contributed by atoms with van der Waals surface area (Å²) in [5, 5.41) is 12.5. The van der Waals surface area contributed by atoms with Crippen molar-refractivity contribution in [2.24, 2.45) is 0 Å². The van der Waals surface area contributed by atoms with Gasteiger partial charge in [-0.2, -0.15) is 0 Å². The molecule has 0 heterocycles. The van der Waals surface area contributed by atoms with E-state index in [1.807, 2.05) is 0 Å². The lowest BCUT2D eigenvalue weighted by molar-refractivity contribution is 1.75. The summed E-state index contributed by atoms with van der Waals surface area (Å²) < 4.78 is 1.11. The summed E-state index contributed by atoms with van der Waals surface area (Å²) in [7, 11) is 0. The first-order valence-electron chi connectivity index (χ1n) is 10.5. The molecular weight excluding hydrogens is 440 g/mol. The molecule has 0 fully saturated rings. The predicted molar refractivity (Wildman–Crippen MR) is 139 cm³/mol. The quantitative estimate of drug-likeness (QED) is 0.212. The number of halogens is 1. The van der Waals surface area contributed by atoms with Crippen molar-refractivity contribution < 1.29 is 0 Å². The maximum Gasteiger partial charge on any atom is 0.0260 e. The Balaban J connectivity index is 2.15. The molecule has 0 aliphatic rings. The van der Waals surface area contributed by atoms with E-state index in [0.29, 0.717) is 0 Å². The molecule has 0 aromatic heterocycles. The fourth-order valence-electron chi connectivity index (χ4n) is 4.82. The van der Waals surface area contributed by atoms with Crippen LogP contribution in [0.2, 0.25) is 0 Å². The van der Waals surface area contributed by atoms with Crippen molar-refractivity contribution in [2.75, 3.05) is 0 Å². The van der Waals surface area contributed by atoms with Crippen molar-refractivity contribution in [3.63, 3.8) is 0 Å². The number of hydrogen-bond donors (Lipinski definition) is 0. The van der Waals surface area contributed by atoms with Crippen LogP contribution in [0.25, 0.3) is 53.9 Å². The highest BCUT2D eigenvalue weighted by molar-refractivity contribution is 9.10. The third kappa shape index (κ3) is 2.89. The molecule has 0 saturated carbocycles. The average Bonchev–Trinajstić information content (AvgIpc) is 2.84. The van der Waals surface area contributed by atoms with Crippen molar-refractivity contribution in [1.82, 2.24) is 0 Å². The van der Waals surface area contributed by atoms with E-state index in [-0.39, 0.29) is 0 Å². The summed E-state index contributed by atoms with van der Waals surface area (Å²) in [5.74, 6) is 0. The molecule has 1 heteroatoms. The van der Waals surface area contributed by atoms with Crippen LogP contribution >= 0.6 is 15.9 Å². The lowest BCUT2D eigenvalue weighted by Gasteiger charge is -2.10. The minimum atomic E-state index is 1.11. The van der Waals surface area contributed by atoms with Gasteiger partial charge >= 0.3 is 0 Å². The molecule has 0 aliphatic heterocycles. The highest BCUT2D eigenvalue weighted by atomic mass is 79.9. The van der Waals surface area contributed by atoms with Gasteiger partial charge in [0.1, 0.15) is 0 Å². The van der Waals surface area contributed by atoms with Crippen molar-refractivity contribution in [1.29, 1.82) is 0 Å². The molecule has 6 aromatic carbocycles. The molecule has 0 nitrogen and oxygen atoms in total. The number of hydrogen-bond acceptors (Lipinski definition) is 0. The fourth-order valence-corrected chi connectivity index (χ4v) is 5.40. The Bertz CT molecular complexity index is 1610. The topological polar surface area (TPSA) is 0 Å². The van der Waals surface area contributed by atoms with E-state index < -0.39 is 0 Å². The fraction of sp³-hybridized carbons (Fsp3) is 0. The number of benzene rings is 5. The van der Waals surface area contributed by atoms with Crippen LogP contribution in [0.3, 0.4) is 0 Å². The van der Waals surface area contributed by atoms with E-state index in [0.717, 1.165) is 4.47 Å². The van der Waals surface area contributed by atoms with Gasteiger partial charge in [0.25, 0.3) is 0 Å². The zero-order chi connectivity index (χ0) is 20.8. The van der Waals surface area contributed by atoms with Crippen LogP contribution in [0.15, 0.2) is 120 Å². The van der Waals surface area contributed by atoms with Gasteiger partial charge in [-0.25, -0.2) is 0 Å². The van der Waals surface area contributed by atoms with Gasteiger partial charge in [0.15, 0.2) is 0 Å². The lowest BCUT2D eigenvalue weighted by atomic mass is 9.94. The molecule has 0 radical (unpaired) electrons. The second-order valence-corrected chi connectivity index (χ2v) is 8.70. The van der Waals surface area contributed by atoms with Crippen LogP contribution in [0.4, 0.5) is 0 Å². The highest BCUT2D eigenvalue weighted by Crippen LogP contribution is 2.37. The Morgan fingerprint density at radius 3 is 0.903 bits per heavy atom. The van der Waals surface area contributed by atoms with Gasteiger partial charge < -0.3 is 0 Å². The Morgan fingerprint density at radius 1 is 0.290 bits per heavy atom. The van der Waals surface area contributed by atoms with Crippen molar-refractivity contribution in [2.45, 2.75) is 0 Å². The molecule has 0 aliphatic carbocycles. The molecule has 0 saturated heterocycles. The summed E-state index contributed by atoms with van der Waals surface area (Å²) in [6.07, 6.45) is 0. The van der Waals surface area contributed by atoms with Gasteiger partial charge in [-0.05, 0) is 54.5 Å². The highest BCUT2D eigenvalue weighted by Gasteiger charge is 2.09.